The van der Waals surface area contributed by atoms with Gasteiger partial charge in [0.1, 0.15) is 0 Å². The average molecular weight is 139 g/mol. The fraction of sp³-hybridized carbons (Fsp3) is 0.857. The van der Waals surface area contributed by atoms with E-state index < -0.39 is 0 Å². The standard InChI is InChI=1S/C7H13N3/c1-9-4-3-7(5-8)6-10(9)2/h7H,3-4,6H2,1-2H3. The monoisotopic (exact) mass is 139 g/mol. The lowest BCUT2D eigenvalue weighted by molar-refractivity contribution is -0.0152. The van der Waals surface area contributed by atoms with Crippen LogP contribution in [0.25, 0.3) is 0 Å². The Labute approximate surface area is 61.8 Å². The highest BCUT2D eigenvalue weighted by Crippen LogP contribution is 2.11. The summed E-state index contributed by atoms with van der Waals surface area (Å²) in [5.41, 5.74) is 0. The third-order valence-corrected chi connectivity index (χ3v) is 2.05. The van der Waals surface area contributed by atoms with Gasteiger partial charge < -0.3 is 0 Å². The maximum atomic E-state index is 8.60. The Hall–Kier alpha value is -0.590. The second kappa shape index (κ2) is 3.00. The van der Waals surface area contributed by atoms with Gasteiger partial charge in [-0.25, -0.2) is 10.0 Å². The van der Waals surface area contributed by atoms with Gasteiger partial charge in [0, 0.05) is 27.2 Å². The molecular formula is C7H13N3. The van der Waals surface area contributed by atoms with Crippen molar-refractivity contribution in [2.24, 2.45) is 5.92 Å². The number of nitrogens with zero attached hydrogens (tertiary/aromatic N) is 3. The van der Waals surface area contributed by atoms with Crippen molar-refractivity contribution < 1.29 is 0 Å². The van der Waals surface area contributed by atoms with Crippen LogP contribution < -0.4 is 0 Å². The summed E-state index contributed by atoms with van der Waals surface area (Å²) in [6.07, 6.45) is 1.01. The summed E-state index contributed by atoms with van der Waals surface area (Å²) in [6.45, 7) is 1.89. The van der Waals surface area contributed by atoms with Crippen molar-refractivity contribution in [3.8, 4) is 6.07 Å². The fourth-order valence-electron chi connectivity index (χ4n) is 1.17. The molecule has 0 aromatic rings. The van der Waals surface area contributed by atoms with E-state index in [4.69, 9.17) is 5.26 Å². The molecule has 1 atom stereocenters. The number of nitriles is 1. The predicted octanol–water partition coefficient (Wildman–Crippen LogP) is 0.308. The predicted molar refractivity (Wildman–Crippen MR) is 39.0 cm³/mol. The van der Waals surface area contributed by atoms with Gasteiger partial charge in [-0.05, 0) is 6.42 Å². The molecular weight excluding hydrogens is 126 g/mol. The lowest BCUT2D eigenvalue weighted by atomic mass is 10.1. The van der Waals surface area contributed by atoms with E-state index in [2.05, 4.69) is 16.1 Å². The third-order valence-electron chi connectivity index (χ3n) is 2.05. The average Bonchev–Trinajstić information content (AvgIpc) is 1.95. The van der Waals surface area contributed by atoms with Gasteiger partial charge in [-0.2, -0.15) is 5.26 Å². The number of hydrazine groups is 1. The zero-order chi connectivity index (χ0) is 7.56. The third kappa shape index (κ3) is 1.47. The lowest BCUT2D eigenvalue weighted by Crippen LogP contribution is -2.45. The van der Waals surface area contributed by atoms with E-state index in [0.717, 1.165) is 19.5 Å². The molecule has 0 bridgehead atoms. The van der Waals surface area contributed by atoms with E-state index in [-0.39, 0.29) is 5.92 Å². The molecule has 0 amide bonds. The van der Waals surface area contributed by atoms with Crippen LogP contribution in [0.15, 0.2) is 0 Å². The van der Waals surface area contributed by atoms with Crippen LogP contribution in [0, 0.1) is 17.2 Å². The highest BCUT2D eigenvalue weighted by molar-refractivity contribution is 4.86. The molecule has 0 aromatic carbocycles. The van der Waals surface area contributed by atoms with Gasteiger partial charge in [0.05, 0.1) is 12.0 Å². The Morgan fingerprint density at radius 2 is 2.10 bits per heavy atom. The molecule has 1 heterocycles. The summed E-state index contributed by atoms with van der Waals surface area (Å²) in [5.74, 6) is 0.237. The lowest BCUT2D eigenvalue weighted by Gasteiger charge is -2.34. The molecule has 1 unspecified atom stereocenters. The molecule has 0 aliphatic carbocycles. The first kappa shape index (κ1) is 7.52. The molecule has 1 fully saturated rings. The Morgan fingerprint density at radius 3 is 2.60 bits per heavy atom. The van der Waals surface area contributed by atoms with Crippen molar-refractivity contribution in [3.63, 3.8) is 0 Å². The van der Waals surface area contributed by atoms with Gasteiger partial charge in [0.2, 0.25) is 0 Å². The molecule has 1 aliphatic heterocycles. The van der Waals surface area contributed by atoms with Crippen LogP contribution in [0.3, 0.4) is 0 Å². The first-order chi connectivity index (χ1) is 4.74. The fourth-order valence-corrected chi connectivity index (χ4v) is 1.17. The Morgan fingerprint density at radius 1 is 1.40 bits per heavy atom. The van der Waals surface area contributed by atoms with E-state index in [1.165, 1.54) is 0 Å². The quantitative estimate of drug-likeness (QED) is 0.484. The minimum Gasteiger partial charge on any atom is -0.245 e. The smallest absolute Gasteiger partial charge is 0.0670 e. The van der Waals surface area contributed by atoms with Gasteiger partial charge in [0.25, 0.3) is 0 Å². The highest BCUT2D eigenvalue weighted by atomic mass is 15.6. The molecule has 3 heteroatoms. The summed E-state index contributed by atoms with van der Waals surface area (Å²) in [5, 5.41) is 12.8. The molecule has 56 valence electrons. The molecule has 1 aliphatic rings. The Kier molecular flexibility index (Phi) is 2.25. The van der Waals surface area contributed by atoms with Gasteiger partial charge in [-0.1, -0.05) is 0 Å². The van der Waals surface area contributed by atoms with Gasteiger partial charge in [-0.15, -0.1) is 0 Å². The molecule has 3 nitrogen and oxygen atoms in total. The second-order valence-corrected chi connectivity index (χ2v) is 2.84. The van der Waals surface area contributed by atoms with E-state index >= 15 is 0 Å². The summed E-state index contributed by atoms with van der Waals surface area (Å²) in [4.78, 5) is 0. The topological polar surface area (TPSA) is 30.3 Å². The summed E-state index contributed by atoms with van der Waals surface area (Å²) in [7, 11) is 4.07. The molecule has 0 spiro atoms. The highest BCUT2D eigenvalue weighted by Gasteiger charge is 2.19. The van der Waals surface area contributed by atoms with Gasteiger partial charge >= 0.3 is 0 Å². The first-order valence-electron chi connectivity index (χ1n) is 3.56. The number of rotatable bonds is 0. The van der Waals surface area contributed by atoms with E-state index in [1.54, 1.807) is 0 Å². The minimum atomic E-state index is 0.237. The SMILES string of the molecule is CN1CCC(C#N)CN1C. The van der Waals surface area contributed by atoms with Crippen LogP contribution in [0.4, 0.5) is 0 Å². The largest absolute Gasteiger partial charge is 0.245 e. The van der Waals surface area contributed by atoms with E-state index in [9.17, 15) is 0 Å². The number of hydrogen-bond donors (Lipinski definition) is 0. The number of hydrogen-bond acceptors (Lipinski definition) is 3. The van der Waals surface area contributed by atoms with E-state index in [1.807, 2.05) is 14.1 Å². The van der Waals surface area contributed by atoms with Crippen molar-refractivity contribution in [3.05, 3.63) is 0 Å². The van der Waals surface area contributed by atoms with Crippen LogP contribution in [-0.2, 0) is 0 Å². The molecule has 10 heavy (non-hydrogen) atoms. The minimum absolute atomic E-state index is 0.237. The van der Waals surface area contributed by atoms with Crippen LogP contribution in [-0.4, -0.2) is 37.2 Å². The zero-order valence-electron chi connectivity index (χ0n) is 6.54. The molecule has 1 saturated heterocycles. The Balaban J connectivity index is 2.42. The zero-order valence-corrected chi connectivity index (χ0v) is 6.54. The first-order valence-corrected chi connectivity index (χ1v) is 3.56. The van der Waals surface area contributed by atoms with Crippen molar-refractivity contribution in [1.82, 2.24) is 10.0 Å². The van der Waals surface area contributed by atoms with Crippen molar-refractivity contribution in [1.29, 1.82) is 5.26 Å². The van der Waals surface area contributed by atoms with Gasteiger partial charge in [0.15, 0.2) is 0 Å². The molecule has 0 aromatic heterocycles. The van der Waals surface area contributed by atoms with Gasteiger partial charge in [-0.3, -0.25) is 0 Å². The molecule has 1 rings (SSSR count). The van der Waals surface area contributed by atoms with Crippen molar-refractivity contribution in [2.45, 2.75) is 6.42 Å². The van der Waals surface area contributed by atoms with E-state index in [0.29, 0.717) is 0 Å². The van der Waals surface area contributed by atoms with Crippen LogP contribution in [0.1, 0.15) is 6.42 Å². The molecule has 0 radical (unpaired) electrons. The normalized spacial score (nSPS) is 29.9. The molecule has 0 saturated carbocycles. The van der Waals surface area contributed by atoms with Crippen molar-refractivity contribution >= 4 is 0 Å². The summed E-state index contributed by atoms with van der Waals surface area (Å²) >= 11 is 0. The van der Waals surface area contributed by atoms with Crippen LogP contribution in [0.2, 0.25) is 0 Å². The van der Waals surface area contributed by atoms with Crippen molar-refractivity contribution in [2.75, 3.05) is 27.2 Å². The molecule has 0 N–H and O–H groups in total. The van der Waals surface area contributed by atoms with Crippen LogP contribution in [0.5, 0.6) is 0 Å². The maximum absolute atomic E-state index is 8.60. The van der Waals surface area contributed by atoms with Crippen LogP contribution >= 0.6 is 0 Å². The summed E-state index contributed by atoms with van der Waals surface area (Å²) in [6, 6.07) is 2.29. The maximum Gasteiger partial charge on any atom is 0.0670 e. The Bertz CT molecular complexity index is 149. The second-order valence-electron chi connectivity index (χ2n) is 2.84. The summed E-state index contributed by atoms with van der Waals surface area (Å²) < 4.78 is 0.